The first kappa shape index (κ1) is 13.1. The van der Waals surface area contributed by atoms with Crippen LogP contribution in [0.1, 0.15) is 90.4 Å². The first-order chi connectivity index (χ1) is 7.43. The fourth-order valence-corrected chi connectivity index (χ4v) is 2.87. The first-order valence-corrected chi connectivity index (χ1v) is 7.43. The molecule has 1 saturated carbocycles. The van der Waals surface area contributed by atoms with Crippen molar-refractivity contribution in [1.29, 1.82) is 0 Å². The zero-order chi connectivity index (χ0) is 10.8. The van der Waals surface area contributed by atoms with Gasteiger partial charge in [0, 0.05) is 0 Å². The average Bonchev–Trinajstić information content (AvgIpc) is 2.75. The third-order valence-corrected chi connectivity index (χ3v) is 3.94. The third-order valence-electron chi connectivity index (χ3n) is 3.94. The molecule has 0 aromatic heterocycles. The SMILES string of the molecule is CCCCCCCCCCC1CCCC1. The summed E-state index contributed by atoms with van der Waals surface area (Å²) < 4.78 is 0. The highest BCUT2D eigenvalue weighted by atomic mass is 14.2. The van der Waals surface area contributed by atoms with Crippen LogP contribution in [0.5, 0.6) is 0 Å². The lowest BCUT2D eigenvalue weighted by Gasteiger charge is -2.07. The van der Waals surface area contributed by atoms with Crippen LogP contribution < -0.4 is 0 Å². The number of hydrogen-bond acceptors (Lipinski definition) is 0. The number of hydrogen-bond donors (Lipinski definition) is 0. The Bertz CT molecular complexity index is 122. The second-order valence-corrected chi connectivity index (χ2v) is 5.41. The monoisotopic (exact) mass is 210 g/mol. The molecule has 0 heteroatoms. The molecule has 0 heterocycles. The van der Waals surface area contributed by atoms with Gasteiger partial charge in [0.15, 0.2) is 0 Å². The highest BCUT2D eigenvalue weighted by Crippen LogP contribution is 2.29. The molecule has 0 N–H and O–H groups in total. The van der Waals surface area contributed by atoms with E-state index in [9.17, 15) is 0 Å². The van der Waals surface area contributed by atoms with Crippen molar-refractivity contribution < 1.29 is 0 Å². The third kappa shape index (κ3) is 6.98. The predicted octanol–water partition coefficient (Wildman–Crippen LogP) is 5.71. The number of unbranched alkanes of at least 4 members (excludes halogenated alkanes) is 7. The van der Waals surface area contributed by atoms with Crippen LogP contribution in [0.15, 0.2) is 0 Å². The van der Waals surface area contributed by atoms with Crippen LogP contribution in [-0.2, 0) is 0 Å². The van der Waals surface area contributed by atoms with E-state index >= 15 is 0 Å². The molecule has 1 aliphatic rings. The second-order valence-electron chi connectivity index (χ2n) is 5.41. The van der Waals surface area contributed by atoms with Gasteiger partial charge in [-0.3, -0.25) is 0 Å². The van der Waals surface area contributed by atoms with Gasteiger partial charge >= 0.3 is 0 Å². The minimum Gasteiger partial charge on any atom is -0.0654 e. The Morgan fingerprint density at radius 3 is 1.87 bits per heavy atom. The van der Waals surface area contributed by atoms with Gasteiger partial charge in [-0.2, -0.15) is 0 Å². The van der Waals surface area contributed by atoms with Gasteiger partial charge in [-0.25, -0.2) is 0 Å². The van der Waals surface area contributed by atoms with Crippen LogP contribution >= 0.6 is 0 Å². The molecule has 0 aromatic carbocycles. The molecule has 0 bridgehead atoms. The zero-order valence-corrected chi connectivity index (χ0v) is 10.8. The Morgan fingerprint density at radius 1 is 0.733 bits per heavy atom. The molecular formula is C15H30. The van der Waals surface area contributed by atoms with E-state index in [0.29, 0.717) is 0 Å². The summed E-state index contributed by atoms with van der Waals surface area (Å²) in [7, 11) is 0. The van der Waals surface area contributed by atoms with Crippen LogP contribution in [0.3, 0.4) is 0 Å². The van der Waals surface area contributed by atoms with Crippen molar-refractivity contribution in [3.8, 4) is 0 Å². The van der Waals surface area contributed by atoms with Gasteiger partial charge in [0.05, 0.1) is 0 Å². The molecular weight excluding hydrogens is 180 g/mol. The lowest BCUT2D eigenvalue weighted by atomic mass is 9.99. The molecule has 0 nitrogen and oxygen atoms in total. The maximum absolute atomic E-state index is 2.29. The maximum Gasteiger partial charge on any atom is -0.0414 e. The smallest absolute Gasteiger partial charge is 0.0414 e. The molecule has 0 unspecified atom stereocenters. The molecule has 0 aromatic rings. The summed E-state index contributed by atoms with van der Waals surface area (Å²) in [5, 5.41) is 0. The molecule has 0 saturated heterocycles. The van der Waals surface area contributed by atoms with Crippen LogP contribution in [0.4, 0.5) is 0 Å². The van der Waals surface area contributed by atoms with E-state index in [0.717, 1.165) is 5.92 Å². The first-order valence-electron chi connectivity index (χ1n) is 7.43. The lowest BCUT2D eigenvalue weighted by molar-refractivity contribution is 0.460. The molecule has 1 fully saturated rings. The van der Waals surface area contributed by atoms with Crippen LogP contribution in [0.25, 0.3) is 0 Å². The van der Waals surface area contributed by atoms with Gasteiger partial charge in [-0.05, 0) is 5.92 Å². The Kier molecular flexibility index (Phi) is 8.05. The molecule has 0 radical (unpaired) electrons. The summed E-state index contributed by atoms with van der Waals surface area (Å²) in [6, 6.07) is 0. The molecule has 1 rings (SSSR count). The van der Waals surface area contributed by atoms with E-state index in [1.165, 1.54) is 83.5 Å². The van der Waals surface area contributed by atoms with Crippen molar-refractivity contribution in [3.05, 3.63) is 0 Å². The van der Waals surface area contributed by atoms with Gasteiger partial charge < -0.3 is 0 Å². The Morgan fingerprint density at radius 2 is 1.27 bits per heavy atom. The van der Waals surface area contributed by atoms with Crippen molar-refractivity contribution in [1.82, 2.24) is 0 Å². The Hall–Kier alpha value is 0. The van der Waals surface area contributed by atoms with Gasteiger partial charge in [-0.15, -0.1) is 0 Å². The summed E-state index contributed by atoms with van der Waals surface area (Å²) in [6.45, 7) is 2.29. The maximum atomic E-state index is 2.29. The van der Waals surface area contributed by atoms with Crippen molar-refractivity contribution >= 4 is 0 Å². The fraction of sp³-hybridized carbons (Fsp3) is 1.00. The fourth-order valence-electron chi connectivity index (χ4n) is 2.87. The number of rotatable bonds is 9. The summed E-state index contributed by atoms with van der Waals surface area (Å²) in [4.78, 5) is 0. The summed E-state index contributed by atoms with van der Waals surface area (Å²) in [5.74, 6) is 1.12. The van der Waals surface area contributed by atoms with E-state index in [2.05, 4.69) is 6.92 Å². The molecule has 0 aliphatic heterocycles. The van der Waals surface area contributed by atoms with E-state index in [1.807, 2.05) is 0 Å². The lowest BCUT2D eigenvalue weighted by Crippen LogP contribution is -1.92. The molecule has 15 heavy (non-hydrogen) atoms. The standard InChI is InChI=1S/C15H30/c1-2-3-4-5-6-7-8-9-12-15-13-10-11-14-15/h15H,2-14H2,1H3. The Labute approximate surface area is 96.8 Å². The summed E-state index contributed by atoms with van der Waals surface area (Å²) in [6.07, 6.45) is 19.4. The highest BCUT2D eigenvalue weighted by Gasteiger charge is 2.13. The van der Waals surface area contributed by atoms with E-state index < -0.39 is 0 Å². The quantitative estimate of drug-likeness (QED) is 0.428. The normalized spacial score (nSPS) is 17.4. The van der Waals surface area contributed by atoms with Crippen molar-refractivity contribution in [3.63, 3.8) is 0 Å². The van der Waals surface area contributed by atoms with Crippen molar-refractivity contribution in [2.45, 2.75) is 90.4 Å². The minimum atomic E-state index is 1.12. The van der Waals surface area contributed by atoms with Crippen molar-refractivity contribution in [2.75, 3.05) is 0 Å². The van der Waals surface area contributed by atoms with Crippen LogP contribution in [-0.4, -0.2) is 0 Å². The van der Waals surface area contributed by atoms with E-state index in [-0.39, 0.29) is 0 Å². The Balaban J connectivity index is 1.73. The summed E-state index contributed by atoms with van der Waals surface area (Å²) >= 11 is 0. The van der Waals surface area contributed by atoms with E-state index in [1.54, 1.807) is 0 Å². The van der Waals surface area contributed by atoms with Gasteiger partial charge in [0.2, 0.25) is 0 Å². The topological polar surface area (TPSA) is 0 Å². The summed E-state index contributed by atoms with van der Waals surface area (Å²) in [5.41, 5.74) is 0. The van der Waals surface area contributed by atoms with Gasteiger partial charge in [0.1, 0.15) is 0 Å². The van der Waals surface area contributed by atoms with Gasteiger partial charge in [0.25, 0.3) is 0 Å². The zero-order valence-electron chi connectivity index (χ0n) is 10.8. The largest absolute Gasteiger partial charge is 0.0654 e. The average molecular weight is 210 g/mol. The molecule has 0 amide bonds. The van der Waals surface area contributed by atoms with E-state index in [4.69, 9.17) is 0 Å². The van der Waals surface area contributed by atoms with Crippen LogP contribution in [0.2, 0.25) is 0 Å². The van der Waals surface area contributed by atoms with Gasteiger partial charge in [-0.1, -0.05) is 90.4 Å². The van der Waals surface area contributed by atoms with Crippen molar-refractivity contribution in [2.24, 2.45) is 5.92 Å². The highest BCUT2D eigenvalue weighted by molar-refractivity contribution is 4.66. The van der Waals surface area contributed by atoms with Crippen LogP contribution in [0, 0.1) is 5.92 Å². The molecule has 0 atom stereocenters. The predicted molar refractivity (Wildman–Crippen MR) is 69.2 cm³/mol. The molecule has 1 aliphatic carbocycles. The molecule has 90 valence electrons. The minimum absolute atomic E-state index is 1.12. The molecule has 0 spiro atoms. The second kappa shape index (κ2) is 9.24.